The molecular formula is C34H51O7P. The highest BCUT2D eigenvalue weighted by Gasteiger charge is 2.33. The van der Waals surface area contributed by atoms with Crippen LogP contribution in [-0.2, 0) is 40.3 Å². The van der Waals surface area contributed by atoms with E-state index in [2.05, 4.69) is 0 Å². The van der Waals surface area contributed by atoms with Crippen LogP contribution in [0, 0.1) is 0 Å². The molecule has 0 bridgehead atoms. The minimum atomic E-state index is -2.84. The number of phenols is 2. The van der Waals surface area contributed by atoms with E-state index in [-0.39, 0.29) is 33.2 Å². The van der Waals surface area contributed by atoms with Gasteiger partial charge in [0.15, 0.2) is 0 Å². The van der Waals surface area contributed by atoms with Crippen molar-refractivity contribution in [2.24, 2.45) is 0 Å². The van der Waals surface area contributed by atoms with Gasteiger partial charge in [0.1, 0.15) is 11.5 Å². The Morgan fingerprint density at radius 3 is 0.976 bits per heavy atom. The van der Waals surface area contributed by atoms with E-state index in [4.69, 9.17) is 9.05 Å². The van der Waals surface area contributed by atoms with Crippen LogP contribution in [0.1, 0.15) is 142 Å². The normalized spacial score (nSPS) is 15.1. The first kappa shape index (κ1) is 35.6. The number of phenolic OH excluding ortho intramolecular Hbond substituents is 2. The van der Waals surface area contributed by atoms with Crippen LogP contribution >= 0.6 is 8.60 Å². The number of hydrogen-bond acceptors (Lipinski definition) is 7. The summed E-state index contributed by atoms with van der Waals surface area (Å²) in [6, 6.07) is 7.15. The quantitative estimate of drug-likeness (QED) is 0.284. The molecule has 0 saturated carbocycles. The van der Waals surface area contributed by atoms with Gasteiger partial charge in [-0.25, -0.2) is 0 Å². The molecule has 0 aliphatic carbocycles. The predicted molar refractivity (Wildman–Crippen MR) is 169 cm³/mol. The lowest BCUT2D eigenvalue weighted by molar-refractivity contribution is -0.140. The van der Waals surface area contributed by atoms with Crippen molar-refractivity contribution in [3.05, 3.63) is 57.6 Å². The monoisotopic (exact) mass is 602 g/mol. The zero-order valence-electron chi connectivity index (χ0n) is 27.9. The maximum absolute atomic E-state index is 13.1. The van der Waals surface area contributed by atoms with Gasteiger partial charge in [0, 0.05) is 0 Å². The predicted octanol–water partition coefficient (Wildman–Crippen LogP) is 8.50. The van der Waals surface area contributed by atoms with Gasteiger partial charge in [-0.3, -0.25) is 9.59 Å². The maximum atomic E-state index is 13.1. The number of hydrogen-bond donors (Lipinski definition) is 3. The standard InChI is InChI=1S/C34H51O7P/c1-19(21-15-23(31(3,4)5)27(35)24(16-21)32(6,7)8)29(37)40-42(39)41-30(38)20(2)22-17-25(33(9,10)11)28(36)26(18-22)34(12,13)14/h15-20,35-36,39H,1-14H3. The Morgan fingerprint density at radius 1 is 0.571 bits per heavy atom. The molecule has 0 heterocycles. The van der Waals surface area contributed by atoms with E-state index in [0.29, 0.717) is 33.4 Å². The summed E-state index contributed by atoms with van der Waals surface area (Å²) in [5.74, 6) is -2.67. The van der Waals surface area contributed by atoms with E-state index in [9.17, 15) is 24.7 Å². The first-order valence-electron chi connectivity index (χ1n) is 14.4. The molecule has 0 spiro atoms. The third-order valence-corrected chi connectivity index (χ3v) is 8.21. The van der Waals surface area contributed by atoms with Crippen LogP contribution in [0.15, 0.2) is 24.3 Å². The summed E-state index contributed by atoms with van der Waals surface area (Å²) in [7, 11) is -2.84. The maximum Gasteiger partial charge on any atom is 0.464 e. The van der Waals surface area contributed by atoms with Gasteiger partial charge in [0.05, 0.1) is 11.8 Å². The summed E-state index contributed by atoms with van der Waals surface area (Å²) in [4.78, 5) is 36.7. The average molecular weight is 603 g/mol. The third kappa shape index (κ3) is 8.26. The van der Waals surface area contributed by atoms with Gasteiger partial charge in [0.25, 0.3) is 0 Å². The highest BCUT2D eigenvalue weighted by molar-refractivity contribution is 7.41. The second-order valence-electron chi connectivity index (χ2n) is 15.4. The summed E-state index contributed by atoms with van der Waals surface area (Å²) in [6.07, 6.45) is 0. The van der Waals surface area contributed by atoms with Crippen LogP contribution in [0.2, 0.25) is 0 Å². The summed E-state index contributed by atoms with van der Waals surface area (Å²) < 4.78 is 10.4. The topological polar surface area (TPSA) is 113 Å². The molecule has 0 amide bonds. The second kappa shape index (κ2) is 12.2. The van der Waals surface area contributed by atoms with Gasteiger partial charge in [-0.05, 0) is 68.9 Å². The summed E-state index contributed by atoms with van der Waals surface area (Å²) in [6.45, 7) is 27.1. The lowest BCUT2D eigenvalue weighted by Gasteiger charge is -2.29. The molecule has 0 aromatic heterocycles. The van der Waals surface area contributed by atoms with Crippen molar-refractivity contribution in [2.45, 2.75) is 130 Å². The van der Waals surface area contributed by atoms with Crippen LogP contribution < -0.4 is 0 Å². The lowest BCUT2D eigenvalue weighted by Crippen LogP contribution is -2.21. The first-order valence-corrected chi connectivity index (χ1v) is 15.6. The Bertz CT molecular complexity index is 1150. The van der Waals surface area contributed by atoms with Crippen LogP contribution in [0.5, 0.6) is 11.5 Å². The molecule has 3 N–H and O–H groups in total. The fourth-order valence-electron chi connectivity index (χ4n) is 4.70. The summed E-state index contributed by atoms with van der Waals surface area (Å²) >= 11 is 0. The Morgan fingerprint density at radius 2 is 0.786 bits per heavy atom. The molecule has 2 aromatic rings. The van der Waals surface area contributed by atoms with E-state index in [1.165, 1.54) is 0 Å². The molecule has 7 nitrogen and oxygen atoms in total. The zero-order valence-corrected chi connectivity index (χ0v) is 28.8. The number of carbonyl (C=O) groups excluding carboxylic acids is 2. The van der Waals surface area contributed by atoms with E-state index >= 15 is 0 Å². The Balaban J connectivity index is 2.31. The van der Waals surface area contributed by atoms with E-state index in [1.807, 2.05) is 83.1 Å². The molecule has 2 atom stereocenters. The third-order valence-electron chi connectivity index (χ3n) is 7.54. The zero-order chi connectivity index (χ0) is 32.7. The number of benzene rings is 2. The molecule has 2 unspecified atom stereocenters. The molecule has 0 aliphatic heterocycles. The number of rotatable bonds is 6. The summed E-state index contributed by atoms with van der Waals surface area (Å²) in [5.41, 5.74) is 2.54. The fourth-order valence-corrected chi connectivity index (χ4v) is 5.36. The molecule has 2 rings (SSSR count). The first-order chi connectivity index (χ1) is 18.8. The van der Waals surface area contributed by atoms with Crippen molar-refractivity contribution in [3.63, 3.8) is 0 Å². The lowest BCUT2D eigenvalue weighted by atomic mass is 9.77. The Kier molecular flexibility index (Phi) is 10.3. The molecule has 0 radical (unpaired) electrons. The minimum absolute atomic E-state index is 0.199. The second-order valence-corrected chi connectivity index (χ2v) is 16.3. The largest absolute Gasteiger partial charge is 0.507 e. The van der Waals surface area contributed by atoms with E-state index in [1.54, 1.807) is 38.1 Å². The van der Waals surface area contributed by atoms with Gasteiger partial charge in [-0.15, -0.1) is 0 Å². The molecule has 42 heavy (non-hydrogen) atoms. The fraction of sp³-hybridized carbons (Fsp3) is 0.588. The number of carbonyl (C=O) groups is 2. The molecular weight excluding hydrogens is 551 g/mol. The van der Waals surface area contributed by atoms with Crippen molar-refractivity contribution in [1.29, 1.82) is 0 Å². The van der Waals surface area contributed by atoms with E-state index < -0.39 is 32.4 Å². The van der Waals surface area contributed by atoms with Crippen LogP contribution in [0.25, 0.3) is 0 Å². The molecule has 0 saturated heterocycles. The van der Waals surface area contributed by atoms with Crippen molar-refractivity contribution in [2.75, 3.05) is 0 Å². The van der Waals surface area contributed by atoms with E-state index in [0.717, 1.165) is 0 Å². The highest BCUT2D eigenvalue weighted by Crippen LogP contribution is 2.44. The molecule has 0 aliphatic rings. The van der Waals surface area contributed by atoms with Crippen molar-refractivity contribution < 1.29 is 33.7 Å². The highest BCUT2D eigenvalue weighted by atomic mass is 31.2. The minimum Gasteiger partial charge on any atom is -0.507 e. The molecule has 8 heteroatoms. The van der Waals surface area contributed by atoms with Crippen molar-refractivity contribution in [3.8, 4) is 11.5 Å². The SMILES string of the molecule is CC(C(=O)OP(O)OC(=O)C(C)c1cc(C(C)(C)C)c(O)c(C(C)(C)C)c1)c1cc(C(C)(C)C)c(O)c(C(C)(C)C)c1. The van der Waals surface area contributed by atoms with Gasteiger partial charge in [-0.1, -0.05) is 107 Å². The molecule has 2 aromatic carbocycles. The number of aromatic hydroxyl groups is 2. The molecule has 0 fully saturated rings. The Labute approximate surface area is 253 Å². The van der Waals surface area contributed by atoms with Crippen LogP contribution in [-0.4, -0.2) is 27.0 Å². The molecule has 234 valence electrons. The van der Waals surface area contributed by atoms with Crippen molar-refractivity contribution >= 4 is 20.5 Å². The van der Waals surface area contributed by atoms with Gasteiger partial charge < -0.3 is 24.2 Å². The van der Waals surface area contributed by atoms with Crippen LogP contribution in [0.4, 0.5) is 0 Å². The van der Waals surface area contributed by atoms with Crippen molar-refractivity contribution in [1.82, 2.24) is 0 Å². The summed E-state index contributed by atoms with van der Waals surface area (Å²) in [5, 5.41) is 22.0. The van der Waals surface area contributed by atoms with Crippen LogP contribution in [0.3, 0.4) is 0 Å². The van der Waals surface area contributed by atoms with Gasteiger partial charge in [-0.2, -0.15) is 0 Å². The van der Waals surface area contributed by atoms with Gasteiger partial charge in [0.2, 0.25) is 0 Å². The smallest absolute Gasteiger partial charge is 0.464 e. The average Bonchev–Trinajstić information content (AvgIpc) is 2.80. The Hall–Kier alpha value is -2.63. The van der Waals surface area contributed by atoms with Gasteiger partial charge >= 0.3 is 20.5 Å².